The van der Waals surface area contributed by atoms with Crippen LogP contribution in [0.15, 0.2) is 42.6 Å². The summed E-state index contributed by atoms with van der Waals surface area (Å²) in [6, 6.07) is 11.1. The molecule has 5 heteroatoms. The minimum atomic E-state index is -0.375. The van der Waals surface area contributed by atoms with Crippen LogP contribution in [0.5, 0.6) is 0 Å². The summed E-state index contributed by atoms with van der Waals surface area (Å²) in [5, 5.41) is 6.49. The topological polar surface area (TPSA) is 54.0 Å². The second-order valence-corrected chi connectivity index (χ2v) is 5.93. The molecule has 0 fully saturated rings. The van der Waals surface area contributed by atoms with Crippen LogP contribution in [-0.2, 0) is 4.79 Å². The number of anilines is 2. The Morgan fingerprint density at radius 3 is 2.59 bits per heavy atom. The number of halogens is 1. The van der Waals surface area contributed by atoms with Crippen molar-refractivity contribution in [1.29, 1.82) is 0 Å². The lowest BCUT2D eigenvalue weighted by Crippen LogP contribution is -2.32. The lowest BCUT2D eigenvalue weighted by atomic mass is 10.0. The molecule has 0 bridgehead atoms. The minimum absolute atomic E-state index is 0.148. The molecule has 1 atom stereocenters. The van der Waals surface area contributed by atoms with Crippen molar-refractivity contribution < 1.29 is 4.79 Å². The lowest BCUT2D eigenvalue weighted by Gasteiger charge is -2.16. The van der Waals surface area contributed by atoms with Gasteiger partial charge in [-0.25, -0.2) is 4.98 Å². The number of hydrogen-bond donors (Lipinski definition) is 2. The molecule has 0 aliphatic rings. The number of nitrogens with one attached hydrogen (secondary N) is 2. The number of carbonyl (C=O) groups is 1. The maximum absolute atomic E-state index is 12.2. The van der Waals surface area contributed by atoms with Gasteiger partial charge in [0.05, 0.1) is 5.02 Å². The Morgan fingerprint density at radius 1 is 1.18 bits per heavy atom. The van der Waals surface area contributed by atoms with Crippen LogP contribution < -0.4 is 10.6 Å². The van der Waals surface area contributed by atoms with E-state index in [0.29, 0.717) is 16.8 Å². The SMILES string of the molecule is CC(C)c1cccc(N[C@@H](C)C(=O)Nc2ccc(Cl)cn2)c1. The van der Waals surface area contributed by atoms with Crippen molar-refractivity contribution in [3.8, 4) is 0 Å². The van der Waals surface area contributed by atoms with Gasteiger partial charge in [0.25, 0.3) is 0 Å². The highest BCUT2D eigenvalue weighted by molar-refractivity contribution is 6.30. The van der Waals surface area contributed by atoms with Crippen molar-refractivity contribution in [3.05, 3.63) is 53.2 Å². The van der Waals surface area contributed by atoms with Crippen LogP contribution in [0.2, 0.25) is 5.02 Å². The highest BCUT2D eigenvalue weighted by atomic mass is 35.5. The number of carbonyl (C=O) groups excluding carboxylic acids is 1. The Hall–Kier alpha value is -2.07. The molecule has 1 heterocycles. The number of benzene rings is 1. The number of amides is 1. The van der Waals surface area contributed by atoms with Crippen molar-refractivity contribution in [2.45, 2.75) is 32.7 Å². The Labute approximate surface area is 135 Å². The van der Waals surface area contributed by atoms with E-state index < -0.39 is 0 Å². The number of aromatic nitrogens is 1. The first kappa shape index (κ1) is 16.3. The predicted molar refractivity (Wildman–Crippen MR) is 91.5 cm³/mol. The summed E-state index contributed by atoms with van der Waals surface area (Å²) in [7, 11) is 0. The van der Waals surface area contributed by atoms with E-state index >= 15 is 0 Å². The van der Waals surface area contributed by atoms with E-state index in [4.69, 9.17) is 11.6 Å². The van der Waals surface area contributed by atoms with E-state index in [0.717, 1.165) is 5.69 Å². The molecule has 1 aromatic heterocycles. The molecule has 116 valence electrons. The van der Waals surface area contributed by atoms with Gasteiger partial charge < -0.3 is 10.6 Å². The summed E-state index contributed by atoms with van der Waals surface area (Å²) in [6.45, 7) is 6.09. The highest BCUT2D eigenvalue weighted by Crippen LogP contribution is 2.19. The second kappa shape index (κ2) is 7.27. The molecule has 0 aliphatic heterocycles. The van der Waals surface area contributed by atoms with Gasteiger partial charge in [0.15, 0.2) is 0 Å². The zero-order valence-electron chi connectivity index (χ0n) is 12.9. The van der Waals surface area contributed by atoms with E-state index in [-0.39, 0.29) is 11.9 Å². The van der Waals surface area contributed by atoms with E-state index in [9.17, 15) is 4.79 Å². The monoisotopic (exact) mass is 317 g/mol. The summed E-state index contributed by atoms with van der Waals surface area (Å²) in [5.74, 6) is 0.785. The normalized spacial score (nSPS) is 12.0. The summed E-state index contributed by atoms with van der Waals surface area (Å²) >= 11 is 5.77. The van der Waals surface area contributed by atoms with Crippen LogP contribution in [0.25, 0.3) is 0 Å². The molecule has 0 unspecified atom stereocenters. The van der Waals surface area contributed by atoms with Gasteiger partial charge in [-0.2, -0.15) is 0 Å². The van der Waals surface area contributed by atoms with Gasteiger partial charge in [0.1, 0.15) is 11.9 Å². The molecule has 0 radical (unpaired) electrons. The minimum Gasteiger partial charge on any atom is -0.374 e. The Morgan fingerprint density at radius 2 is 1.95 bits per heavy atom. The van der Waals surface area contributed by atoms with E-state index in [1.165, 1.54) is 11.8 Å². The van der Waals surface area contributed by atoms with Crippen molar-refractivity contribution >= 4 is 29.0 Å². The largest absolute Gasteiger partial charge is 0.374 e. The fraction of sp³-hybridized carbons (Fsp3) is 0.294. The summed E-state index contributed by atoms with van der Waals surface area (Å²) < 4.78 is 0. The molecule has 1 aromatic carbocycles. The van der Waals surface area contributed by atoms with Crippen LogP contribution in [0.1, 0.15) is 32.3 Å². The van der Waals surface area contributed by atoms with Gasteiger partial charge in [0, 0.05) is 11.9 Å². The molecule has 4 nitrogen and oxygen atoms in total. The number of nitrogens with zero attached hydrogens (tertiary/aromatic N) is 1. The van der Waals surface area contributed by atoms with Gasteiger partial charge in [0.2, 0.25) is 5.91 Å². The zero-order valence-corrected chi connectivity index (χ0v) is 13.7. The molecule has 2 N–H and O–H groups in total. The number of rotatable bonds is 5. The average molecular weight is 318 g/mol. The molecule has 0 saturated heterocycles. The zero-order chi connectivity index (χ0) is 16.1. The first-order valence-electron chi connectivity index (χ1n) is 7.24. The van der Waals surface area contributed by atoms with Gasteiger partial charge in [-0.15, -0.1) is 0 Å². The maximum Gasteiger partial charge on any atom is 0.247 e. The third-order valence-electron chi connectivity index (χ3n) is 3.31. The first-order valence-corrected chi connectivity index (χ1v) is 7.62. The molecule has 0 saturated carbocycles. The van der Waals surface area contributed by atoms with Gasteiger partial charge in [-0.05, 0) is 42.7 Å². The van der Waals surface area contributed by atoms with Crippen LogP contribution in [0, 0.1) is 0 Å². The molecule has 1 amide bonds. The van der Waals surface area contributed by atoms with Gasteiger partial charge in [-0.3, -0.25) is 4.79 Å². The average Bonchev–Trinajstić information content (AvgIpc) is 2.49. The fourth-order valence-corrected chi connectivity index (χ4v) is 2.10. The smallest absolute Gasteiger partial charge is 0.247 e. The fourth-order valence-electron chi connectivity index (χ4n) is 1.99. The number of hydrogen-bond acceptors (Lipinski definition) is 3. The predicted octanol–water partition coefficient (Wildman–Crippen LogP) is 4.30. The Kier molecular flexibility index (Phi) is 5.39. The quantitative estimate of drug-likeness (QED) is 0.864. The van der Waals surface area contributed by atoms with E-state index in [1.807, 2.05) is 19.1 Å². The Bertz CT molecular complexity index is 641. The van der Waals surface area contributed by atoms with Crippen LogP contribution >= 0.6 is 11.6 Å². The number of pyridine rings is 1. The van der Waals surface area contributed by atoms with Crippen molar-refractivity contribution in [2.24, 2.45) is 0 Å². The standard InChI is InChI=1S/C17H20ClN3O/c1-11(2)13-5-4-6-15(9-13)20-12(3)17(22)21-16-8-7-14(18)10-19-16/h4-12,20H,1-3H3,(H,19,21,22)/t12-/m0/s1. The molecule has 2 aromatic rings. The third-order valence-corrected chi connectivity index (χ3v) is 3.53. The molecule has 22 heavy (non-hydrogen) atoms. The van der Waals surface area contributed by atoms with E-state index in [1.54, 1.807) is 12.1 Å². The van der Waals surface area contributed by atoms with Crippen molar-refractivity contribution in [1.82, 2.24) is 4.98 Å². The van der Waals surface area contributed by atoms with Crippen molar-refractivity contribution in [3.63, 3.8) is 0 Å². The third kappa shape index (κ3) is 4.46. The molecule has 0 aliphatic carbocycles. The first-order chi connectivity index (χ1) is 10.5. The molecule has 2 rings (SSSR count). The van der Waals surface area contributed by atoms with Crippen LogP contribution in [0.4, 0.5) is 11.5 Å². The van der Waals surface area contributed by atoms with Gasteiger partial charge >= 0.3 is 0 Å². The summed E-state index contributed by atoms with van der Waals surface area (Å²) in [6.07, 6.45) is 1.50. The van der Waals surface area contributed by atoms with Crippen LogP contribution in [-0.4, -0.2) is 16.9 Å². The Balaban J connectivity index is 1.99. The van der Waals surface area contributed by atoms with Crippen molar-refractivity contribution in [2.75, 3.05) is 10.6 Å². The van der Waals surface area contributed by atoms with E-state index in [2.05, 4.69) is 41.6 Å². The van der Waals surface area contributed by atoms with Gasteiger partial charge in [-0.1, -0.05) is 37.6 Å². The van der Waals surface area contributed by atoms with Crippen LogP contribution in [0.3, 0.4) is 0 Å². The summed E-state index contributed by atoms with van der Waals surface area (Å²) in [5.41, 5.74) is 2.16. The lowest BCUT2D eigenvalue weighted by molar-refractivity contribution is -0.116. The second-order valence-electron chi connectivity index (χ2n) is 5.50. The maximum atomic E-state index is 12.2. The highest BCUT2D eigenvalue weighted by Gasteiger charge is 2.13. The molecule has 0 spiro atoms. The molecular weight excluding hydrogens is 298 g/mol. The summed E-state index contributed by atoms with van der Waals surface area (Å²) in [4.78, 5) is 16.2. The molecular formula is C17H20ClN3O.